The Morgan fingerprint density at radius 2 is 1.68 bits per heavy atom. The topological polar surface area (TPSA) is 24.8 Å². The third-order valence-corrected chi connectivity index (χ3v) is 7.98. The molecule has 3 nitrogen and oxygen atoms in total. The first-order valence-corrected chi connectivity index (χ1v) is 12.1. The Morgan fingerprint density at radius 3 is 2.32 bits per heavy atom. The number of likely N-dealkylation sites (tertiary alicyclic amines) is 1. The lowest BCUT2D eigenvalue weighted by Gasteiger charge is -2.52. The molecule has 2 heterocycles. The largest absolute Gasteiger partial charge is 0.325 e. The summed E-state index contributed by atoms with van der Waals surface area (Å²) in [5, 5.41) is 0.750. The van der Waals surface area contributed by atoms with Crippen molar-refractivity contribution in [1.29, 1.82) is 0 Å². The first-order chi connectivity index (χ1) is 14.6. The molecule has 4 rings (SSSR count). The molecule has 1 saturated heterocycles. The molecule has 2 atom stereocenters. The second kappa shape index (κ2) is 8.26. The van der Waals surface area contributed by atoms with Crippen LogP contribution in [0.1, 0.15) is 65.0 Å². The van der Waals surface area contributed by atoms with Crippen LogP contribution < -0.4 is 9.80 Å². The molecule has 1 fully saturated rings. The summed E-state index contributed by atoms with van der Waals surface area (Å²) in [6, 6.07) is 16.7. The Bertz CT molecular complexity index is 946. The van der Waals surface area contributed by atoms with E-state index < -0.39 is 0 Å². The van der Waals surface area contributed by atoms with Crippen molar-refractivity contribution in [1.82, 2.24) is 0 Å². The van der Waals surface area contributed by atoms with Gasteiger partial charge in [-0.1, -0.05) is 55.8 Å². The van der Waals surface area contributed by atoms with Crippen molar-refractivity contribution in [2.75, 3.05) is 18.0 Å². The maximum absolute atomic E-state index is 13.9. The summed E-state index contributed by atoms with van der Waals surface area (Å²) in [6.07, 6.45) is 3.28. The molecule has 31 heavy (non-hydrogen) atoms. The van der Waals surface area contributed by atoms with Crippen LogP contribution in [0.5, 0.6) is 0 Å². The van der Waals surface area contributed by atoms with Crippen molar-refractivity contribution in [2.24, 2.45) is 5.92 Å². The van der Waals surface area contributed by atoms with Gasteiger partial charge in [-0.15, -0.1) is 0 Å². The van der Waals surface area contributed by atoms with E-state index in [1.54, 1.807) is 0 Å². The minimum atomic E-state index is -0.295. The highest BCUT2D eigenvalue weighted by atomic mass is 35.5. The number of fused-ring (bicyclic) bond motifs is 1. The number of para-hydroxylation sites is 1. The van der Waals surface area contributed by atoms with Crippen LogP contribution in [-0.2, 0) is 10.2 Å². The molecule has 0 saturated carbocycles. The molecule has 4 heteroatoms. The van der Waals surface area contributed by atoms with Crippen LogP contribution in [0.25, 0.3) is 0 Å². The molecule has 0 spiro atoms. The first kappa shape index (κ1) is 22.4. The van der Waals surface area contributed by atoms with Gasteiger partial charge in [0, 0.05) is 21.7 Å². The summed E-state index contributed by atoms with van der Waals surface area (Å²) in [5.41, 5.74) is 3.04. The highest BCUT2D eigenvalue weighted by Crippen LogP contribution is 2.50. The number of hydrogen-bond donors (Lipinski definition) is 1. The van der Waals surface area contributed by atoms with Crippen molar-refractivity contribution in [3.8, 4) is 0 Å². The van der Waals surface area contributed by atoms with Gasteiger partial charge in [0.1, 0.15) is 0 Å². The zero-order valence-corrected chi connectivity index (χ0v) is 20.3. The fraction of sp³-hybridized carbons (Fsp3) is 0.519. The first-order valence-electron chi connectivity index (χ1n) is 11.7. The summed E-state index contributed by atoms with van der Waals surface area (Å²) in [5.74, 6) is 1.03. The highest BCUT2D eigenvalue weighted by Gasteiger charge is 2.49. The van der Waals surface area contributed by atoms with Crippen LogP contribution in [0.15, 0.2) is 48.5 Å². The van der Waals surface area contributed by atoms with Crippen LogP contribution >= 0.6 is 11.6 Å². The maximum atomic E-state index is 13.9. The van der Waals surface area contributed by atoms with E-state index >= 15 is 0 Å². The molecule has 0 bridgehead atoms. The average Bonchev–Trinajstić information content (AvgIpc) is 2.73. The van der Waals surface area contributed by atoms with E-state index in [-0.39, 0.29) is 22.9 Å². The summed E-state index contributed by atoms with van der Waals surface area (Å²) >= 11 is 6.18. The Labute approximate surface area is 192 Å². The number of carbonyl (C=O) groups is 1. The van der Waals surface area contributed by atoms with Gasteiger partial charge < -0.3 is 9.80 Å². The molecule has 2 aromatic rings. The van der Waals surface area contributed by atoms with Crippen molar-refractivity contribution in [2.45, 2.75) is 70.9 Å². The maximum Gasteiger partial charge on any atom is 0.285 e. The fourth-order valence-corrected chi connectivity index (χ4v) is 6.05. The zero-order chi connectivity index (χ0) is 22.4. The standard InChI is InChI=1S/C27H35ClN2O/c1-19-14-16-29(17-15-19)20(2)25(31)30-24-9-7-6-8-23(24)27(5,18-26(30,3)4)21-10-12-22(28)13-11-21/h6-13,19-20H,14-18H2,1-5H3/p+1/t20-,27-/m1/s1. The number of hydrogen-bond acceptors (Lipinski definition) is 1. The van der Waals surface area contributed by atoms with Crippen LogP contribution in [-0.4, -0.2) is 30.6 Å². The van der Waals surface area contributed by atoms with Gasteiger partial charge in [0.25, 0.3) is 5.91 Å². The number of quaternary nitrogens is 1. The molecule has 0 radical (unpaired) electrons. The molecular weight excluding hydrogens is 404 g/mol. The quantitative estimate of drug-likeness (QED) is 0.725. The predicted molar refractivity (Wildman–Crippen MR) is 129 cm³/mol. The number of nitrogens with one attached hydrogen (secondary N) is 1. The lowest BCUT2D eigenvalue weighted by Crippen LogP contribution is -3.17. The monoisotopic (exact) mass is 439 g/mol. The van der Waals surface area contributed by atoms with Gasteiger partial charge >= 0.3 is 0 Å². The SMILES string of the molecule is CC1CC[NH+]([C@H](C)C(=O)N2c3ccccc3[C@@](C)(c3ccc(Cl)cc3)CC2(C)C)CC1. The third kappa shape index (κ3) is 4.03. The Balaban J connectivity index is 1.73. The van der Waals surface area contributed by atoms with Gasteiger partial charge in [-0.05, 0) is 75.3 Å². The number of anilines is 1. The van der Waals surface area contributed by atoms with E-state index in [1.165, 1.54) is 28.9 Å². The smallest absolute Gasteiger partial charge is 0.285 e. The van der Waals surface area contributed by atoms with Gasteiger partial charge in [-0.25, -0.2) is 0 Å². The van der Waals surface area contributed by atoms with Crippen molar-refractivity contribution >= 4 is 23.2 Å². The number of amides is 1. The lowest BCUT2D eigenvalue weighted by molar-refractivity contribution is -0.919. The molecule has 2 aliphatic heterocycles. The lowest BCUT2D eigenvalue weighted by atomic mass is 9.65. The van der Waals surface area contributed by atoms with Gasteiger partial charge in [0.2, 0.25) is 0 Å². The minimum Gasteiger partial charge on any atom is -0.325 e. The molecular formula is C27H36ClN2O+. The van der Waals surface area contributed by atoms with E-state index in [9.17, 15) is 4.79 Å². The molecule has 0 unspecified atom stereocenters. The predicted octanol–water partition coefficient (Wildman–Crippen LogP) is 4.86. The summed E-state index contributed by atoms with van der Waals surface area (Å²) < 4.78 is 0. The number of benzene rings is 2. The zero-order valence-electron chi connectivity index (χ0n) is 19.5. The second-order valence-corrected chi connectivity index (χ2v) is 11.0. The van der Waals surface area contributed by atoms with E-state index in [0.29, 0.717) is 0 Å². The van der Waals surface area contributed by atoms with Crippen molar-refractivity contribution < 1.29 is 9.69 Å². The van der Waals surface area contributed by atoms with Crippen LogP contribution in [0, 0.1) is 5.92 Å². The van der Waals surface area contributed by atoms with Crippen LogP contribution in [0.4, 0.5) is 5.69 Å². The molecule has 166 valence electrons. The van der Waals surface area contributed by atoms with Crippen molar-refractivity contribution in [3.05, 3.63) is 64.7 Å². The highest BCUT2D eigenvalue weighted by molar-refractivity contribution is 6.30. The van der Waals surface area contributed by atoms with E-state index in [4.69, 9.17) is 11.6 Å². The molecule has 0 aromatic heterocycles. The third-order valence-electron chi connectivity index (χ3n) is 7.73. The Kier molecular flexibility index (Phi) is 5.95. The van der Waals surface area contributed by atoms with Gasteiger partial charge in [0.15, 0.2) is 6.04 Å². The number of halogens is 1. The molecule has 0 aliphatic carbocycles. The van der Waals surface area contributed by atoms with Crippen LogP contribution in [0.2, 0.25) is 5.02 Å². The van der Waals surface area contributed by atoms with Crippen LogP contribution in [0.3, 0.4) is 0 Å². The number of piperidine rings is 1. The molecule has 1 amide bonds. The summed E-state index contributed by atoms with van der Waals surface area (Å²) in [7, 11) is 0. The van der Waals surface area contributed by atoms with E-state index in [1.807, 2.05) is 12.1 Å². The van der Waals surface area contributed by atoms with E-state index in [2.05, 4.69) is 75.9 Å². The Morgan fingerprint density at radius 1 is 1.06 bits per heavy atom. The fourth-order valence-electron chi connectivity index (χ4n) is 5.93. The number of nitrogens with zero attached hydrogens (tertiary/aromatic N) is 1. The minimum absolute atomic E-state index is 0.0280. The number of rotatable bonds is 3. The van der Waals surface area contributed by atoms with Gasteiger partial charge in [-0.3, -0.25) is 4.79 Å². The molecule has 1 N–H and O–H groups in total. The average molecular weight is 440 g/mol. The van der Waals surface area contributed by atoms with Gasteiger partial charge in [-0.2, -0.15) is 0 Å². The summed E-state index contributed by atoms with van der Waals surface area (Å²) in [4.78, 5) is 17.5. The van der Waals surface area contributed by atoms with Gasteiger partial charge in [0.05, 0.1) is 13.1 Å². The molecule has 2 aromatic carbocycles. The van der Waals surface area contributed by atoms with Crippen molar-refractivity contribution in [3.63, 3.8) is 0 Å². The second-order valence-electron chi connectivity index (χ2n) is 10.6. The molecule has 2 aliphatic rings. The van der Waals surface area contributed by atoms with E-state index in [0.717, 1.165) is 36.1 Å². The normalized spacial score (nSPS) is 28.6. The Hall–Kier alpha value is -1.84. The number of carbonyl (C=O) groups excluding carboxylic acids is 1. The summed E-state index contributed by atoms with van der Waals surface area (Å²) in [6.45, 7) is 13.4.